The van der Waals surface area contributed by atoms with E-state index in [-0.39, 0.29) is 12.3 Å². The van der Waals surface area contributed by atoms with Crippen LogP contribution in [0.3, 0.4) is 0 Å². The lowest BCUT2D eigenvalue weighted by molar-refractivity contribution is 0.632. The number of fused-ring (bicyclic) bond motifs is 13. The highest BCUT2D eigenvalue weighted by molar-refractivity contribution is 7.25. The molecular formula is C51H34BN3S. The first-order valence-electron chi connectivity index (χ1n) is 19.6. The molecule has 0 N–H and O–H groups in total. The van der Waals surface area contributed by atoms with Gasteiger partial charge < -0.3 is 14.3 Å². The molecule has 3 aliphatic heterocycles. The van der Waals surface area contributed by atoms with E-state index >= 15 is 0 Å². The average molecular weight is 732 g/mol. The van der Waals surface area contributed by atoms with Crippen molar-refractivity contribution < 1.29 is 0 Å². The van der Waals surface area contributed by atoms with Crippen molar-refractivity contribution in [2.75, 3.05) is 9.71 Å². The highest BCUT2D eigenvalue weighted by Crippen LogP contribution is 2.56. The summed E-state index contributed by atoms with van der Waals surface area (Å²) in [5.74, 6) is 0. The minimum Gasteiger partial charge on any atom is -0.376 e. The van der Waals surface area contributed by atoms with Crippen LogP contribution in [0.1, 0.15) is 25.0 Å². The van der Waals surface area contributed by atoms with Crippen LogP contribution in [-0.2, 0) is 5.41 Å². The van der Waals surface area contributed by atoms with Crippen molar-refractivity contribution in [1.82, 2.24) is 4.57 Å². The van der Waals surface area contributed by atoms with Crippen LogP contribution in [0.4, 0.5) is 28.4 Å². The van der Waals surface area contributed by atoms with Gasteiger partial charge in [-0.25, -0.2) is 0 Å². The number of para-hydroxylation sites is 5. The third-order valence-corrected chi connectivity index (χ3v) is 14.1. The van der Waals surface area contributed by atoms with E-state index in [0.29, 0.717) is 0 Å². The molecule has 0 bridgehead atoms. The van der Waals surface area contributed by atoms with Crippen LogP contribution in [0, 0.1) is 0 Å². The van der Waals surface area contributed by atoms with Gasteiger partial charge in [-0.15, -0.1) is 11.3 Å². The molecule has 2 aromatic heterocycles. The number of thiophene rings is 1. The third-order valence-electron chi connectivity index (χ3n) is 12.9. The Morgan fingerprint density at radius 3 is 1.93 bits per heavy atom. The van der Waals surface area contributed by atoms with E-state index in [1.165, 1.54) is 109 Å². The molecular weight excluding hydrogens is 697 g/mol. The molecule has 13 rings (SSSR count). The smallest absolute Gasteiger partial charge is 0.333 e. The first-order valence-corrected chi connectivity index (χ1v) is 20.4. The van der Waals surface area contributed by atoms with Crippen LogP contribution in [0.2, 0.25) is 0 Å². The Morgan fingerprint density at radius 2 is 1.14 bits per heavy atom. The van der Waals surface area contributed by atoms with Gasteiger partial charge >= 0.3 is 6.85 Å². The fraction of sp³-hybridized carbons (Fsp3) is 0.0588. The monoisotopic (exact) mass is 731 g/mol. The summed E-state index contributed by atoms with van der Waals surface area (Å²) < 4.78 is 5.22. The molecule has 0 fully saturated rings. The first kappa shape index (κ1) is 30.7. The van der Waals surface area contributed by atoms with E-state index in [2.05, 4.69) is 198 Å². The van der Waals surface area contributed by atoms with E-state index in [1.54, 1.807) is 0 Å². The van der Waals surface area contributed by atoms with Crippen molar-refractivity contribution in [3.05, 3.63) is 181 Å². The predicted molar refractivity (Wildman–Crippen MR) is 240 cm³/mol. The average Bonchev–Trinajstić information content (AvgIpc) is 3.79. The first-order chi connectivity index (χ1) is 27.6. The number of hydrogen-bond acceptors (Lipinski definition) is 3. The fourth-order valence-electron chi connectivity index (χ4n) is 10.6. The van der Waals surface area contributed by atoms with Gasteiger partial charge in [0.05, 0.1) is 28.1 Å². The molecule has 0 radical (unpaired) electrons. The van der Waals surface area contributed by atoms with Crippen molar-refractivity contribution >= 4 is 99.5 Å². The van der Waals surface area contributed by atoms with Crippen LogP contribution in [0.25, 0.3) is 58.8 Å². The maximum absolute atomic E-state index is 2.64. The number of hydrogen-bond donors (Lipinski definition) is 0. The molecule has 262 valence electrons. The number of rotatable bonds is 2. The molecule has 8 aromatic carbocycles. The Labute approximate surface area is 329 Å². The van der Waals surface area contributed by atoms with Gasteiger partial charge in [0.2, 0.25) is 0 Å². The van der Waals surface area contributed by atoms with Crippen molar-refractivity contribution in [1.29, 1.82) is 0 Å². The Balaban J connectivity index is 1.25. The highest BCUT2D eigenvalue weighted by atomic mass is 32.1. The van der Waals surface area contributed by atoms with E-state index in [0.717, 1.165) is 0 Å². The maximum Gasteiger partial charge on any atom is 0.333 e. The third kappa shape index (κ3) is 3.78. The molecule has 0 saturated carbocycles. The van der Waals surface area contributed by atoms with Crippen LogP contribution in [0.15, 0.2) is 170 Å². The summed E-state index contributed by atoms with van der Waals surface area (Å²) in [4.78, 5) is 5.22. The van der Waals surface area contributed by atoms with Crippen LogP contribution < -0.4 is 20.6 Å². The molecule has 3 nitrogen and oxygen atoms in total. The molecule has 0 atom stereocenters. The van der Waals surface area contributed by atoms with Crippen molar-refractivity contribution in [3.63, 3.8) is 0 Å². The van der Waals surface area contributed by atoms with Gasteiger partial charge in [-0.1, -0.05) is 123 Å². The standard InChI is InChI=1S/C51H34BN3S/c1-51(2)37-20-8-12-24-41(37)53(42-25-13-9-21-38(42)51)45-29-36-34-30-47-35(32-18-7-15-27-46(32)56-47)28-44(34)55(31-16-4-3-5-17-31)52-39-22-10-14-26-43(39)54-40-23-11-6-19-33(40)48(45)50(54)49(36)52/h3-30H,1-2H3. The lowest BCUT2D eigenvalue weighted by atomic mass is 9.44. The van der Waals surface area contributed by atoms with Crippen molar-refractivity contribution in [2.45, 2.75) is 19.3 Å². The van der Waals surface area contributed by atoms with E-state index in [9.17, 15) is 0 Å². The summed E-state index contributed by atoms with van der Waals surface area (Å²) in [6.07, 6.45) is 0. The Morgan fingerprint density at radius 1 is 0.500 bits per heavy atom. The van der Waals surface area contributed by atoms with Gasteiger partial charge in [0.15, 0.2) is 0 Å². The largest absolute Gasteiger partial charge is 0.376 e. The summed E-state index contributed by atoms with van der Waals surface area (Å²) in [5, 5.41) is 5.20. The second kappa shape index (κ2) is 10.8. The topological polar surface area (TPSA) is 11.4 Å². The zero-order valence-corrected chi connectivity index (χ0v) is 31.8. The Kier molecular flexibility index (Phi) is 5.93. The van der Waals surface area contributed by atoms with Crippen LogP contribution >= 0.6 is 11.3 Å². The number of anilines is 5. The second-order valence-corrected chi connectivity index (χ2v) is 17.1. The predicted octanol–water partition coefficient (Wildman–Crippen LogP) is 12.5. The molecule has 0 saturated heterocycles. The summed E-state index contributed by atoms with van der Waals surface area (Å²) in [5.41, 5.74) is 17.7. The molecule has 0 unspecified atom stereocenters. The summed E-state index contributed by atoms with van der Waals surface area (Å²) in [6, 6.07) is 63.8. The van der Waals surface area contributed by atoms with Crippen molar-refractivity contribution in [3.8, 4) is 16.8 Å². The molecule has 0 spiro atoms. The highest BCUT2D eigenvalue weighted by Gasteiger charge is 2.46. The Hall–Kier alpha value is -6.56. The molecule has 3 aliphatic rings. The normalized spacial score (nSPS) is 14.6. The molecule has 10 aromatic rings. The summed E-state index contributed by atoms with van der Waals surface area (Å²) in [7, 11) is 0. The van der Waals surface area contributed by atoms with E-state index < -0.39 is 0 Å². The van der Waals surface area contributed by atoms with E-state index in [4.69, 9.17) is 0 Å². The minimum absolute atomic E-state index is 0.0355. The van der Waals surface area contributed by atoms with Gasteiger partial charge in [0, 0.05) is 59.0 Å². The quantitative estimate of drug-likeness (QED) is 0.164. The number of nitrogens with zero attached hydrogens (tertiary/aromatic N) is 3. The van der Waals surface area contributed by atoms with Crippen LogP contribution in [-0.4, -0.2) is 11.4 Å². The van der Waals surface area contributed by atoms with Gasteiger partial charge in [-0.2, -0.15) is 0 Å². The Bertz CT molecular complexity index is 3270. The summed E-state index contributed by atoms with van der Waals surface area (Å²) in [6.45, 7) is 4.72. The fourth-order valence-corrected chi connectivity index (χ4v) is 11.7. The zero-order chi connectivity index (χ0) is 36.9. The molecule has 56 heavy (non-hydrogen) atoms. The zero-order valence-electron chi connectivity index (χ0n) is 31.0. The molecule has 0 aliphatic carbocycles. The molecule has 5 heteroatoms. The molecule has 0 amide bonds. The molecule has 5 heterocycles. The number of benzene rings is 8. The number of aromatic nitrogens is 1. The lowest BCUT2D eigenvalue weighted by Gasteiger charge is -2.44. The van der Waals surface area contributed by atoms with E-state index in [1.807, 2.05) is 11.3 Å². The van der Waals surface area contributed by atoms with Gasteiger partial charge in [0.25, 0.3) is 0 Å². The van der Waals surface area contributed by atoms with Crippen LogP contribution in [0.5, 0.6) is 0 Å². The maximum atomic E-state index is 2.64. The van der Waals surface area contributed by atoms with Gasteiger partial charge in [0.1, 0.15) is 0 Å². The minimum atomic E-state index is -0.157. The lowest BCUT2D eigenvalue weighted by Crippen LogP contribution is -2.60. The second-order valence-electron chi connectivity index (χ2n) is 16.1. The van der Waals surface area contributed by atoms with Crippen molar-refractivity contribution in [2.24, 2.45) is 0 Å². The SMILES string of the molecule is CC1(C)c2ccccc2N(c2cc3c4c5c2c2ccccc2n5-c2ccccc2B4N(c2ccccc2)c2cc4c(cc2-3)sc2ccccc24)c2ccccc21. The van der Waals surface area contributed by atoms with Gasteiger partial charge in [-0.05, 0) is 88.3 Å². The van der Waals surface area contributed by atoms with Gasteiger partial charge in [-0.3, -0.25) is 0 Å². The summed E-state index contributed by atoms with van der Waals surface area (Å²) >= 11 is 1.90.